The van der Waals surface area contributed by atoms with Gasteiger partial charge < -0.3 is 19.5 Å². The molecule has 2 N–H and O–H groups in total. The van der Waals surface area contributed by atoms with E-state index in [9.17, 15) is 0 Å². The van der Waals surface area contributed by atoms with Gasteiger partial charge in [0.15, 0.2) is 16.6 Å². The average Bonchev–Trinajstić information content (AvgIpc) is 2.92. The van der Waals surface area contributed by atoms with Gasteiger partial charge >= 0.3 is 0 Å². The second kappa shape index (κ2) is 12.9. The smallest absolute Gasteiger partial charge is 0.191 e. The molecule has 0 saturated heterocycles. The van der Waals surface area contributed by atoms with Crippen molar-refractivity contribution in [3.63, 3.8) is 0 Å². The normalized spacial score (nSPS) is 10.6. The third-order valence-corrected chi connectivity index (χ3v) is 5.37. The van der Waals surface area contributed by atoms with Crippen LogP contribution in [0.1, 0.15) is 16.7 Å². The third-order valence-electron chi connectivity index (χ3n) is 5.18. The summed E-state index contributed by atoms with van der Waals surface area (Å²) in [7, 11) is 1.61. The van der Waals surface area contributed by atoms with Crippen molar-refractivity contribution < 1.29 is 14.2 Å². The molecule has 36 heavy (non-hydrogen) atoms. The van der Waals surface area contributed by atoms with Crippen LogP contribution in [-0.4, -0.2) is 18.4 Å². The Morgan fingerprint density at radius 1 is 0.750 bits per heavy atom. The van der Waals surface area contributed by atoms with Crippen LogP contribution < -0.4 is 25.0 Å². The number of hydrogen-bond donors (Lipinski definition) is 2. The van der Waals surface area contributed by atoms with Gasteiger partial charge in [-0.05, 0) is 59.2 Å². The quantitative estimate of drug-likeness (QED) is 0.155. The largest absolute Gasteiger partial charge is 0.495 e. The molecule has 0 spiro atoms. The van der Waals surface area contributed by atoms with Gasteiger partial charge in [-0.2, -0.15) is 5.10 Å². The fourth-order valence-corrected chi connectivity index (χ4v) is 3.53. The van der Waals surface area contributed by atoms with Crippen molar-refractivity contribution in [2.24, 2.45) is 5.10 Å². The Morgan fingerprint density at radius 3 is 2.03 bits per heavy atom. The Labute approximate surface area is 216 Å². The first kappa shape index (κ1) is 24.8. The predicted molar refractivity (Wildman–Crippen MR) is 148 cm³/mol. The van der Waals surface area contributed by atoms with Crippen molar-refractivity contribution in [1.82, 2.24) is 5.43 Å². The zero-order chi connectivity index (χ0) is 25.0. The second-order valence-electron chi connectivity index (χ2n) is 7.78. The number of ether oxygens (including phenoxy) is 3. The highest BCUT2D eigenvalue weighted by Crippen LogP contribution is 2.30. The number of hydrogen-bond acceptors (Lipinski definition) is 5. The lowest BCUT2D eigenvalue weighted by atomic mass is 10.2. The average molecular weight is 498 g/mol. The van der Waals surface area contributed by atoms with E-state index in [-0.39, 0.29) is 0 Å². The summed E-state index contributed by atoms with van der Waals surface area (Å²) in [6.45, 7) is 0.870. The Balaban J connectivity index is 1.43. The second-order valence-corrected chi connectivity index (χ2v) is 8.19. The van der Waals surface area contributed by atoms with Gasteiger partial charge in [-0.1, -0.05) is 72.8 Å². The molecule has 0 amide bonds. The van der Waals surface area contributed by atoms with Crippen LogP contribution in [0.15, 0.2) is 108 Å². The van der Waals surface area contributed by atoms with Crippen molar-refractivity contribution in [3.05, 3.63) is 120 Å². The molecule has 0 heterocycles. The molecule has 7 heteroatoms. The number of thiocarbonyl (C=S) groups is 1. The Kier molecular flexibility index (Phi) is 8.89. The van der Waals surface area contributed by atoms with Gasteiger partial charge in [-0.15, -0.1) is 0 Å². The van der Waals surface area contributed by atoms with E-state index in [4.69, 9.17) is 26.4 Å². The number of nitrogens with one attached hydrogen (secondary N) is 2. The molecule has 0 atom stereocenters. The van der Waals surface area contributed by atoms with Gasteiger partial charge in [0.25, 0.3) is 0 Å². The topological polar surface area (TPSA) is 64.1 Å². The minimum atomic E-state index is 0.346. The van der Waals surface area contributed by atoms with Crippen LogP contribution in [0, 0.1) is 0 Å². The molecule has 0 aliphatic heterocycles. The molecule has 0 unspecified atom stereocenters. The molecule has 4 rings (SSSR count). The molecule has 0 saturated carbocycles. The molecule has 4 aromatic carbocycles. The van der Waals surface area contributed by atoms with Crippen molar-refractivity contribution in [2.45, 2.75) is 13.2 Å². The number of para-hydroxylation sites is 2. The number of benzene rings is 4. The fourth-order valence-electron chi connectivity index (χ4n) is 3.37. The van der Waals surface area contributed by atoms with Crippen molar-refractivity contribution in [3.8, 4) is 17.2 Å². The molecule has 0 bridgehead atoms. The highest BCUT2D eigenvalue weighted by Gasteiger charge is 2.08. The number of rotatable bonds is 10. The first-order valence-corrected chi connectivity index (χ1v) is 11.8. The van der Waals surface area contributed by atoms with E-state index in [1.165, 1.54) is 0 Å². The molecule has 4 aromatic rings. The van der Waals surface area contributed by atoms with Crippen molar-refractivity contribution >= 4 is 29.2 Å². The summed E-state index contributed by atoms with van der Waals surface area (Å²) in [4.78, 5) is 0. The summed E-state index contributed by atoms with van der Waals surface area (Å²) in [6, 6.07) is 33.2. The van der Waals surface area contributed by atoms with E-state index in [1.807, 2.05) is 103 Å². The zero-order valence-corrected chi connectivity index (χ0v) is 20.7. The van der Waals surface area contributed by atoms with E-state index in [0.29, 0.717) is 35.6 Å². The van der Waals surface area contributed by atoms with E-state index in [1.54, 1.807) is 13.3 Å². The molecule has 0 aliphatic carbocycles. The summed E-state index contributed by atoms with van der Waals surface area (Å²) < 4.78 is 17.5. The maximum atomic E-state index is 6.13. The van der Waals surface area contributed by atoms with Gasteiger partial charge in [0.2, 0.25) is 0 Å². The summed E-state index contributed by atoms with van der Waals surface area (Å²) in [5.41, 5.74) is 6.57. The summed E-state index contributed by atoms with van der Waals surface area (Å²) in [6.07, 6.45) is 1.67. The minimum Gasteiger partial charge on any atom is -0.495 e. The number of nitrogens with zero attached hydrogens (tertiary/aromatic N) is 1. The highest BCUT2D eigenvalue weighted by atomic mass is 32.1. The fraction of sp³-hybridized carbons (Fsp3) is 0.103. The highest BCUT2D eigenvalue weighted by molar-refractivity contribution is 7.80. The number of anilines is 1. The van der Waals surface area contributed by atoms with Crippen LogP contribution in [-0.2, 0) is 13.2 Å². The molecule has 6 nitrogen and oxygen atoms in total. The first-order chi connectivity index (χ1) is 17.7. The molecule has 0 aliphatic rings. The van der Waals surface area contributed by atoms with Crippen LogP contribution in [0.25, 0.3) is 0 Å². The Morgan fingerprint density at radius 2 is 1.36 bits per heavy atom. The lowest BCUT2D eigenvalue weighted by Gasteiger charge is -2.14. The summed E-state index contributed by atoms with van der Waals surface area (Å²) in [5.74, 6) is 1.98. The lowest BCUT2D eigenvalue weighted by molar-refractivity contribution is 0.256. The third kappa shape index (κ3) is 7.32. The molecular formula is C29H27N3O3S. The lowest BCUT2D eigenvalue weighted by Crippen LogP contribution is -2.24. The van der Waals surface area contributed by atoms with E-state index < -0.39 is 0 Å². The van der Waals surface area contributed by atoms with Crippen LogP contribution in [0.5, 0.6) is 17.2 Å². The van der Waals surface area contributed by atoms with Crippen molar-refractivity contribution in [2.75, 3.05) is 12.4 Å². The molecule has 0 fully saturated rings. The van der Waals surface area contributed by atoms with Gasteiger partial charge in [-0.3, -0.25) is 5.43 Å². The van der Waals surface area contributed by atoms with Gasteiger partial charge in [0, 0.05) is 0 Å². The Hall–Kier alpha value is -4.36. The van der Waals surface area contributed by atoms with E-state index >= 15 is 0 Å². The van der Waals surface area contributed by atoms with E-state index in [2.05, 4.69) is 15.8 Å². The first-order valence-electron chi connectivity index (χ1n) is 11.4. The van der Waals surface area contributed by atoms with Crippen LogP contribution in [0.3, 0.4) is 0 Å². The molecular weight excluding hydrogens is 470 g/mol. The summed E-state index contributed by atoms with van der Waals surface area (Å²) in [5, 5.41) is 7.68. The van der Waals surface area contributed by atoms with Gasteiger partial charge in [-0.25, -0.2) is 0 Å². The SMILES string of the molecule is COc1ccccc1NC(=S)NN=Cc1ccc(OCc2ccccc2)c(OCc2ccccc2)c1. The van der Waals surface area contributed by atoms with E-state index in [0.717, 1.165) is 22.4 Å². The molecule has 182 valence electrons. The Bertz CT molecular complexity index is 1300. The standard InChI is InChI=1S/C29H27N3O3S/c1-33-26-15-9-8-14-25(26)31-29(36)32-30-19-24-16-17-27(34-20-22-10-4-2-5-11-22)28(18-24)35-21-23-12-6-3-7-13-23/h2-19H,20-21H2,1H3,(H2,31,32,36). The van der Waals surface area contributed by atoms with Gasteiger partial charge in [0.05, 0.1) is 19.0 Å². The van der Waals surface area contributed by atoms with Crippen LogP contribution in [0.4, 0.5) is 5.69 Å². The van der Waals surface area contributed by atoms with Gasteiger partial charge in [0.1, 0.15) is 19.0 Å². The molecule has 0 radical (unpaired) electrons. The summed E-state index contributed by atoms with van der Waals surface area (Å²) >= 11 is 5.35. The minimum absolute atomic E-state index is 0.346. The maximum Gasteiger partial charge on any atom is 0.191 e. The predicted octanol–water partition coefficient (Wildman–Crippen LogP) is 6.17. The van der Waals surface area contributed by atoms with Crippen LogP contribution in [0.2, 0.25) is 0 Å². The number of hydrazone groups is 1. The maximum absolute atomic E-state index is 6.13. The van der Waals surface area contributed by atoms with Crippen LogP contribution >= 0.6 is 12.2 Å². The molecule has 0 aromatic heterocycles. The number of methoxy groups -OCH3 is 1. The monoisotopic (exact) mass is 497 g/mol. The zero-order valence-electron chi connectivity index (χ0n) is 19.9. The van der Waals surface area contributed by atoms with Crippen molar-refractivity contribution in [1.29, 1.82) is 0 Å².